The zero-order chi connectivity index (χ0) is 23.0. The average molecular weight is 435 g/mol. The predicted molar refractivity (Wildman–Crippen MR) is 125 cm³/mol. The third kappa shape index (κ3) is 3.26. The first-order valence-corrected chi connectivity index (χ1v) is 10.6. The molecular weight excluding hydrogens is 414 g/mol. The molecule has 4 aromatic carbocycles. The number of anilines is 1. The van der Waals surface area contributed by atoms with Gasteiger partial charge < -0.3 is 9.84 Å². The first-order chi connectivity index (χ1) is 16.0. The molecule has 5 rings (SSSR count). The average Bonchev–Trinajstić information content (AvgIpc) is 3.10. The predicted octanol–water partition coefficient (Wildman–Crippen LogP) is 5.27. The van der Waals surface area contributed by atoms with E-state index in [-0.39, 0.29) is 11.7 Å². The van der Waals surface area contributed by atoms with Crippen LogP contribution < -0.4 is 9.64 Å². The van der Waals surface area contributed by atoms with Crippen LogP contribution in [0, 0.1) is 0 Å². The van der Waals surface area contributed by atoms with Crippen molar-refractivity contribution in [2.24, 2.45) is 0 Å². The van der Waals surface area contributed by atoms with Crippen LogP contribution in [0.5, 0.6) is 11.5 Å². The van der Waals surface area contributed by atoms with Gasteiger partial charge in [-0.1, -0.05) is 60.7 Å². The fraction of sp³-hybridized carbons (Fsp3) is 0.0714. The zero-order valence-corrected chi connectivity index (χ0v) is 17.9. The van der Waals surface area contributed by atoms with Gasteiger partial charge in [-0.15, -0.1) is 0 Å². The molecule has 4 aromatic rings. The lowest BCUT2D eigenvalue weighted by Crippen LogP contribution is -2.46. The highest BCUT2D eigenvalue weighted by atomic mass is 16.5. The second-order valence-corrected chi connectivity index (χ2v) is 7.90. The SMILES string of the molecule is CC(=O)Oc1ccc(C2(c3ccc(O)cc3)c3ccccc3C(=O)N2c2ccccc2)cc1. The molecule has 162 valence electrons. The summed E-state index contributed by atoms with van der Waals surface area (Å²) in [6.45, 7) is 1.36. The van der Waals surface area contributed by atoms with Crippen LogP contribution in [0.2, 0.25) is 0 Å². The Hall–Kier alpha value is -4.38. The summed E-state index contributed by atoms with van der Waals surface area (Å²) in [5.74, 6) is 0.0520. The maximum absolute atomic E-state index is 13.8. The van der Waals surface area contributed by atoms with Gasteiger partial charge in [-0.3, -0.25) is 14.5 Å². The van der Waals surface area contributed by atoms with Gasteiger partial charge in [0.05, 0.1) is 0 Å². The van der Waals surface area contributed by atoms with Crippen LogP contribution in [0.15, 0.2) is 103 Å². The van der Waals surface area contributed by atoms with Crippen LogP contribution >= 0.6 is 0 Å². The van der Waals surface area contributed by atoms with Crippen LogP contribution in [-0.4, -0.2) is 17.0 Å². The molecule has 33 heavy (non-hydrogen) atoms. The standard InChI is InChI=1S/C28H21NO4/c1-19(30)33-24-17-13-21(14-18-24)28(20-11-15-23(31)16-12-20)26-10-6-5-9-25(26)27(32)29(28)22-7-3-2-4-8-22/h2-18,31H,1H3. The third-order valence-electron chi connectivity index (χ3n) is 5.92. The quantitative estimate of drug-likeness (QED) is 0.350. The summed E-state index contributed by atoms with van der Waals surface area (Å²) in [4.78, 5) is 27.1. The minimum Gasteiger partial charge on any atom is -0.508 e. The topological polar surface area (TPSA) is 66.8 Å². The van der Waals surface area contributed by atoms with Crippen LogP contribution in [-0.2, 0) is 10.3 Å². The first-order valence-electron chi connectivity index (χ1n) is 10.6. The summed E-state index contributed by atoms with van der Waals surface area (Å²) in [5.41, 5.74) is 2.85. The Balaban J connectivity index is 1.84. The Bertz CT molecular complexity index is 1330. The molecule has 0 spiro atoms. The molecule has 0 bridgehead atoms. The smallest absolute Gasteiger partial charge is 0.308 e. The lowest BCUT2D eigenvalue weighted by atomic mass is 9.76. The highest BCUT2D eigenvalue weighted by Gasteiger charge is 2.52. The van der Waals surface area contributed by atoms with E-state index >= 15 is 0 Å². The molecule has 1 N–H and O–H groups in total. The van der Waals surface area contributed by atoms with E-state index in [0.29, 0.717) is 11.3 Å². The number of esters is 1. The fourth-order valence-electron chi connectivity index (χ4n) is 4.63. The monoisotopic (exact) mass is 435 g/mol. The number of hydrogen-bond acceptors (Lipinski definition) is 4. The maximum Gasteiger partial charge on any atom is 0.308 e. The number of amides is 1. The molecule has 0 radical (unpaired) electrons. The number of phenolic OH excluding ortho intramolecular Hbond substituents is 1. The molecule has 0 aromatic heterocycles. The van der Waals surface area contributed by atoms with Gasteiger partial charge >= 0.3 is 5.97 Å². The van der Waals surface area contributed by atoms with Crippen LogP contribution in [0.25, 0.3) is 0 Å². The number of fused-ring (bicyclic) bond motifs is 1. The van der Waals surface area contributed by atoms with Crippen molar-refractivity contribution in [1.29, 1.82) is 0 Å². The normalized spacial score (nSPS) is 17.0. The van der Waals surface area contributed by atoms with Crippen molar-refractivity contribution < 1.29 is 19.4 Å². The summed E-state index contributed by atoms with van der Waals surface area (Å²) in [6.07, 6.45) is 0. The van der Waals surface area contributed by atoms with E-state index in [9.17, 15) is 14.7 Å². The molecule has 0 saturated heterocycles. The molecule has 5 heteroatoms. The lowest BCUT2D eigenvalue weighted by Gasteiger charge is -2.40. The number of carbonyl (C=O) groups is 2. The molecule has 0 saturated carbocycles. The van der Waals surface area contributed by atoms with Crippen molar-refractivity contribution in [1.82, 2.24) is 0 Å². The number of ether oxygens (including phenoxy) is 1. The largest absolute Gasteiger partial charge is 0.508 e. The Morgan fingerprint density at radius 1 is 0.788 bits per heavy atom. The second-order valence-electron chi connectivity index (χ2n) is 7.90. The van der Waals surface area contributed by atoms with Crippen LogP contribution in [0.4, 0.5) is 5.69 Å². The first kappa shape index (κ1) is 20.5. The zero-order valence-electron chi connectivity index (χ0n) is 17.9. The molecule has 1 unspecified atom stereocenters. The van der Waals surface area contributed by atoms with Crippen LogP contribution in [0.3, 0.4) is 0 Å². The number of rotatable bonds is 4. The van der Waals surface area contributed by atoms with E-state index in [1.165, 1.54) is 6.92 Å². The summed E-state index contributed by atoms with van der Waals surface area (Å²) in [7, 11) is 0. The van der Waals surface area contributed by atoms with Gasteiger partial charge in [-0.2, -0.15) is 0 Å². The van der Waals surface area contributed by atoms with Gasteiger partial charge in [0, 0.05) is 18.2 Å². The number of nitrogens with zero attached hydrogens (tertiary/aromatic N) is 1. The Kier molecular flexibility index (Phi) is 4.94. The van der Waals surface area contributed by atoms with Crippen molar-refractivity contribution in [3.63, 3.8) is 0 Å². The number of carbonyl (C=O) groups excluding carboxylic acids is 2. The lowest BCUT2D eigenvalue weighted by molar-refractivity contribution is -0.131. The van der Waals surface area contributed by atoms with Gasteiger partial charge in [-0.05, 0) is 59.2 Å². The van der Waals surface area contributed by atoms with E-state index < -0.39 is 11.5 Å². The number of benzene rings is 4. The Labute approximate surface area is 191 Å². The molecule has 1 atom stereocenters. The molecule has 5 nitrogen and oxygen atoms in total. The van der Waals surface area contributed by atoms with Crippen LogP contribution in [0.1, 0.15) is 34.0 Å². The molecule has 1 heterocycles. The molecule has 0 aliphatic carbocycles. The van der Waals surface area contributed by atoms with Crippen molar-refractivity contribution in [2.75, 3.05) is 4.90 Å². The highest BCUT2D eigenvalue weighted by molar-refractivity contribution is 6.13. The molecule has 0 fully saturated rings. The maximum atomic E-state index is 13.8. The van der Waals surface area contributed by atoms with Crippen molar-refractivity contribution in [3.05, 3.63) is 125 Å². The minimum atomic E-state index is -0.989. The molecule has 1 aliphatic heterocycles. The number of phenols is 1. The summed E-state index contributed by atoms with van der Waals surface area (Å²) >= 11 is 0. The minimum absolute atomic E-state index is 0.117. The summed E-state index contributed by atoms with van der Waals surface area (Å²) < 4.78 is 5.24. The van der Waals surface area contributed by atoms with Gasteiger partial charge in [0.25, 0.3) is 5.91 Å². The van der Waals surface area contributed by atoms with Gasteiger partial charge in [0.1, 0.15) is 17.0 Å². The van der Waals surface area contributed by atoms with Gasteiger partial charge in [0.2, 0.25) is 0 Å². The summed E-state index contributed by atoms with van der Waals surface area (Å²) in [6, 6.07) is 31.2. The van der Waals surface area contributed by atoms with E-state index in [0.717, 1.165) is 22.4 Å². The van der Waals surface area contributed by atoms with E-state index in [1.807, 2.05) is 78.9 Å². The van der Waals surface area contributed by atoms with E-state index in [1.54, 1.807) is 29.2 Å². The second kappa shape index (κ2) is 7.95. The van der Waals surface area contributed by atoms with Gasteiger partial charge in [0.15, 0.2) is 0 Å². The molecule has 1 amide bonds. The Morgan fingerprint density at radius 3 is 2.00 bits per heavy atom. The van der Waals surface area contributed by atoms with Gasteiger partial charge in [-0.25, -0.2) is 0 Å². The van der Waals surface area contributed by atoms with Crippen molar-refractivity contribution in [3.8, 4) is 11.5 Å². The fourth-order valence-corrected chi connectivity index (χ4v) is 4.63. The summed E-state index contributed by atoms with van der Waals surface area (Å²) in [5, 5.41) is 9.98. The molecular formula is C28H21NO4. The van der Waals surface area contributed by atoms with Crippen molar-refractivity contribution in [2.45, 2.75) is 12.5 Å². The molecule has 1 aliphatic rings. The van der Waals surface area contributed by atoms with E-state index in [2.05, 4.69) is 0 Å². The van der Waals surface area contributed by atoms with E-state index in [4.69, 9.17) is 4.74 Å². The number of para-hydroxylation sites is 1. The highest BCUT2D eigenvalue weighted by Crippen LogP contribution is 2.51. The third-order valence-corrected chi connectivity index (χ3v) is 5.92. The number of aromatic hydroxyl groups is 1. The van der Waals surface area contributed by atoms with Crippen molar-refractivity contribution >= 4 is 17.6 Å². The number of hydrogen-bond donors (Lipinski definition) is 1. The Morgan fingerprint density at radius 2 is 1.36 bits per heavy atom.